The lowest BCUT2D eigenvalue weighted by Crippen LogP contribution is -2.14. The van der Waals surface area contributed by atoms with Crippen molar-refractivity contribution in [2.75, 3.05) is 5.32 Å². The van der Waals surface area contributed by atoms with E-state index in [0.29, 0.717) is 5.56 Å². The SMILES string of the molecule is Cc1cc(F)ccc1C(=O)Nc1cc(F)ccc1[N+](=O)[O-]. The largest absolute Gasteiger partial charge is 0.316 e. The van der Waals surface area contributed by atoms with E-state index >= 15 is 0 Å². The predicted octanol–water partition coefficient (Wildman–Crippen LogP) is 3.43. The molecule has 2 rings (SSSR count). The number of aryl methyl sites for hydroxylation is 1. The molecule has 2 aromatic carbocycles. The highest BCUT2D eigenvalue weighted by molar-refractivity contribution is 6.06. The van der Waals surface area contributed by atoms with Gasteiger partial charge in [0.25, 0.3) is 11.6 Å². The zero-order valence-corrected chi connectivity index (χ0v) is 10.9. The Morgan fingerprint density at radius 1 is 1.14 bits per heavy atom. The van der Waals surface area contributed by atoms with Crippen LogP contribution in [0.2, 0.25) is 0 Å². The molecule has 0 saturated carbocycles. The van der Waals surface area contributed by atoms with Gasteiger partial charge in [-0.2, -0.15) is 0 Å². The molecule has 0 heterocycles. The lowest BCUT2D eigenvalue weighted by Gasteiger charge is -2.08. The number of nitrogens with one attached hydrogen (secondary N) is 1. The second kappa shape index (κ2) is 5.66. The van der Waals surface area contributed by atoms with E-state index in [1.54, 1.807) is 0 Å². The van der Waals surface area contributed by atoms with Gasteiger partial charge in [0, 0.05) is 17.7 Å². The van der Waals surface area contributed by atoms with Crippen LogP contribution in [0.3, 0.4) is 0 Å². The fourth-order valence-corrected chi connectivity index (χ4v) is 1.84. The highest BCUT2D eigenvalue weighted by atomic mass is 19.1. The molecule has 7 heteroatoms. The number of hydrogen-bond donors (Lipinski definition) is 1. The van der Waals surface area contributed by atoms with Gasteiger partial charge in [0.1, 0.15) is 17.3 Å². The molecule has 0 fully saturated rings. The third-order valence-corrected chi connectivity index (χ3v) is 2.84. The second-order valence-corrected chi connectivity index (χ2v) is 4.33. The molecular weight excluding hydrogens is 282 g/mol. The Hall–Kier alpha value is -2.83. The summed E-state index contributed by atoms with van der Waals surface area (Å²) in [5.41, 5.74) is -0.167. The van der Waals surface area contributed by atoms with Crippen molar-refractivity contribution in [1.29, 1.82) is 0 Å². The summed E-state index contributed by atoms with van der Waals surface area (Å²) < 4.78 is 26.2. The summed E-state index contributed by atoms with van der Waals surface area (Å²) in [6, 6.07) is 6.26. The number of anilines is 1. The van der Waals surface area contributed by atoms with Crippen LogP contribution < -0.4 is 5.32 Å². The van der Waals surface area contributed by atoms with Gasteiger partial charge in [-0.1, -0.05) is 0 Å². The van der Waals surface area contributed by atoms with Crippen LogP contribution in [0, 0.1) is 28.7 Å². The van der Waals surface area contributed by atoms with Crippen molar-refractivity contribution >= 4 is 17.3 Å². The zero-order chi connectivity index (χ0) is 15.6. The minimum atomic E-state index is -0.730. The number of amides is 1. The fourth-order valence-electron chi connectivity index (χ4n) is 1.84. The van der Waals surface area contributed by atoms with Gasteiger partial charge >= 0.3 is 0 Å². The monoisotopic (exact) mass is 292 g/mol. The minimum absolute atomic E-state index is 0.148. The Labute approximate surface area is 118 Å². The van der Waals surface area contributed by atoms with E-state index in [0.717, 1.165) is 30.3 Å². The minimum Gasteiger partial charge on any atom is -0.316 e. The average molecular weight is 292 g/mol. The number of carbonyl (C=O) groups is 1. The molecule has 0 atom stereocenters. The van der Waals surface area contributed by atoms with E-state index in [2.05, 4.69) is 5.32 Å². The Morgan fingerprint density at radius 3 is 2.38 bits per heavy atom. The fraction of sp³-hybridized carbons (Fsp3) is 0.0714. The number of carbonyl (C=O) groups excluding carboxylic acids is 1. The average Bonchev–Trinajstić information content (AvgIpc) is 2.37. The highest BCUT2D eigenvalue weighted by Gasteiger charge is 2.18. The lowest BCUT2D eigenvalue weighted by atomic mass is 10.1. The standard InChI is InChI=1S/C14H10F2N2O3/c1-8-6-9(15)2-4-11(8)14(19)17-12-7-10(16)3-5-13(12)18(20)21/h2-7H,1H3,(H,17,19). The second-order valence-electron chi connectivity index (χ2n) is 4.33. The molecule has 108 valence electrons. The molecular formula is C14H10F2N2O3. The van der Waals surface area contributed by atoms with E-state index < -0.39 is 28.2 Å². The van der Waals surface area contributed by atoms with Crippen molar-refractivity contribution in [3.63, 3.8) is 0 Å². The third-order valence-electron chi connectivity index (χ3n) is 2.84. The summed E-state index contributed by atoms with van der Waals surface area (Å²) in [6.07, 6.45) is 0. The number of nitro groups is 1. The Bertz CT molecular complexity index is 732. The molecule has 5 nitrogen and oxygen atoms in total. The van der Waals surface area contributed by atoms with Crippen LogP contribution in [0.25, 0.3) is 0 Å². The van der Waals surface area contributed by atoms with Gasteiger partial charge in [0.15, 0.2) is 0 Å². The molecule has 0 spiro atoms. The Balaban J connectivity index is 2.35. The molecule has 0 aromatic heterocycles. The highest BCUT2D eigenvalue weighted by Crippen LogP contribution is 2.25. The number of nitro benzene ring substituents is 1. The maximum absolute atomic E-state index is 13.2. The first kappa shape index (κ1) is 14.6. The number of rotatable bonds is 3. The van der Waals surface area contributed by atoms with Crippen LogP contribution in [0.5, 0.6) is 0 Å². The first-order valence-electron chi connectivity index (χ1n) is 5.90. The molecule has 0 radical (unpaired) electrons. The molecule has 21 heavy (non-hydrogen) atoms. The summed E-state index contributed by atoms with van der Waals surface area (Å²) >= 11 is 0. The smallest absolute Gasteiger partial charge is 0.292 e. The third kappa shape index (κ3) is 3.19. The summed E-state index contributed by atoms with van der Waals surface area (Å²) in [4.78, 5) is 22.2. The topological polar surface area (TPSA) is 72.2 Å². The van der Waals surface area contributed by atoms with Gasteiger partial charge < -0.3 is 5.32 Å². The van der Waals surface area contributed by atoms with Crippen molar-refractivity contribution in [3.05, 3.63) is 69.3 Å². The molecule has 1 amide bonds. The maximum Gasteiger partial charge on any atom is 0.292 e. The molecule has 0 unspecified atom stereocenters. The van der Waals surface area contributed by atoms with Crippen LogP contribution in [0.15, 0.2) is 36.4 Å². The summed E-state index contributed by atoms with van der Waals surface area (Å²) in [5, 5.41) is 13.1. The zero-order valence-electron chi connectivity index (χ0n) is 10.9. The lowest BCUT2D eigenvalue weighted by molar-refractivity contribution is -0.384. The van der Waals surface area contributed by atoms with Crippen molar-refractivity contribution in [1.82, 2.24) is 0 Å². The van der Waals surface area contributed by atoms with Gasteiger partial charge in [-0.25, -0.2) is 8.78 Å². The van der Waals surface area contributed by atoms with Gasteiger partial charge in [0.05, 0.1) is 4.92 Å². The molecule has 0 aliphatic heterocycles. The van der Waals surface area contributed by atoms with E-state index in [4.69, 9.17) is 0 Å². The van der Waals surface area contributed by atoms with Crippen LogP contribution in [-0.4, -0.2) is 10.8 Å². The molecule has 1 N–H and O–H groups in total. The first-order chi connectivity index (χ1) is 9.88. The van der Waals surface area contributed by atoms with Crippen molar-refractivity contribution in [2.45, 2.75) is 6.92 Å². The first-order valence-corrected chi connectivity index (χ1v) is 5.90. The normalized spacial score (nSPS) is 10.2. The molecule has 2 aromatic rings. The van der Waals surface area contributed by atoms with Gasteiger partial charge in [0.2, 0.25) is 0 Å². The van der Waals surface area contributed by atoms with Crippen molar-refractivity contribution in [3.8, 4) is 0 Å². The van der Waals surface area contributed by atoms with Crippen LogP contribution in [0.1, 0.15) is 15.9 Å². The Kier molecular flexibility index (Phi) is 3.93. The van der Waals surface area contributed by atoms with Crippen molar-refractivity contribution < 1.29 is 18.5 Å². The Morgan fingerprint density at radius 2 is 1.76 bits per heavy atom. The van der Waals surface area contributed by atoms with E-state index in [1.807, 2.05) is 0 Å². The number of hydrogen-bond acceptors (Lipinski definition) is 3. The van der Waals surface area contributed by atoms with Crippen LogP contribution in [-0.2, 0) is 0 Å². The van der Waals surface area contributed by atoms with Gasteiger partial charge in [-0.15, -0.1) is 0 Å². The molecule has 0 aliphatic rings. The summed E-state index contributed by atoms with van der Waals surface area (Å²) in [5.74, 6) is -1.89. The van der Waals surface area contributed by atoms with E-state index in [-0.39, 0.29) is 11.3 Å². The summed E-state index contributed by atoms with van der Waals surface area (Å²) in [7, 11) is 0. The van der Waals surface area contributed by atoms with E-state index in [1.165, 1.54) is 13.0 Å². The van der Waals surface area contributed by atoms with Crippen LogP contribution >= 0.6 is 0 Å². The quantitative estimate of drug-likeness (QED) is 0.695. The number of benzene rings is 2. The summed E-state index contributed by atoms with van der Waals surface area (Å²) in [6.45, 7) is 1.53. The van der Waals surface area contributed by atoms with Gasteiger partial charge in [-0.05, 0) is 36.8 Å². The predicted molar refractivity (Wildman–Crippen MR) is 72.1 cm³/mol. The van der Waals surface area contributed by atoms with Crippen LogP contribution in [0.4, 0.5) is 20.2 Å². The number of nitrogens with zero attached hydrogens (tertiary/aromatic N) is 1. The number of halogens is 2. The van der Waals surface area contributed by atoms with E-state index in [9.17, 15) is 23.7 Å². The maximum atomic E-state index is 13.2. The van der Waals surface area contributed by atoms with Gasteiger partial charge in [-0.3, -0.25) is 14.9 Å². The molecule has 0 saturated heterocycles. The molecule has 0 bridgehead atoms. The molecule has 0 aliphatic carbocycles. The van der Waals surface area contributed by atoms with Crippen molar-refractivity contribution in [2.24, 2.45) is 0 Å².